The Labute approximate surface area is 231 Å². The summed E-state index contributed by atoms with van der Waals surface area (Å²) in [6, 6.07) is 11.3. The van der Waals surface area contributed by atoms with E-state index in [1.165, 1.54) is 22.4 Å². The highest BCUT2D eigenvalue weighted by atomic mass is 35.5. The van der Waals surface area contributed by atoms with Gasteiger partial charge in [0.2, 0.25) is 21.8 Å². The molecule has 0 bridgehead atoms. The Morgan fingerprint density at radius 1 is 1.08 bits per heavy atom. The van der Waals surface area contributed by atoms with Crippen LogP contribution in [0.5, 0.6) is 11.5 Å². The molecule has 2 rings (SSSR count). The number of sulfonamides is 1. The van der Waals surface area contributed by atoms with Gasteiger partial charge in [0.05, 0.1) is 31.2 Å². The van der Waals surface area contributed by atoms with Crippen LogP contribution in [0.2, 0.25) is 5.02 Å². The Kier molecular flexibility index (Phi) is 11.7. The summed E-state index contributed by atoms with van der Waals surface area (Å²) < 4.78 is 36.7. The molecule has 2 atom stereocenters. The monoisotopic (exact) mass is 567 g/mol. The summed E-state index contributed by atoms with van der Waals surface area (Å²) >= 11 is 6.21. The largest absolute Gasteiger partial charge is 0.497 e. The Bertz CT molecular complexity index is 1210. The lowest BCUT2D eigenvalue weighted by atomic mass is 10.1. The zero-order chi connectivity index (χ0) is 28.5. The number of methoxy groups -OCH3 is 2. The number of hydrogen-bond donors (Lipinski definition) is 1. The average Bonchev–Trinajstić information content (AvgIpc) is 2.88. The van der Waals surface area contributed by atoms with Crippen LogP contribution in [0, 0.1) is 0 Å². The molecular formula is C27H38ClN3O6S. The summed E-state index contributed by atoms with van der Waals surface area (Å²) in [5, 5.41) is 3.21. The van der Waals surface area contributed by atoms with E-state index in [-0.39, 0.29) is 48.8 Å². The summed E-state index contributed by atoms with van der Waals surface area (Å²) in [6.45, 7) is 5.84. The Morgan fingerprint density at radius 3 is 2.37 bits per heavy atom. The third kappa shape index (κ3) is 8.80. The zero-order valence-electron chi connectivity index (χ0n) is 22.9. The molecule has 0 aliphatic rings. The second-order valence-electron chi connectivity index (χ2n) is 9.12. The van der Waals surface area contributed by atoms with Crippen LogP contribution in [-0.4, -0.2) is 64.2 Å². The number of amides is 2. The second-order valence-corrected chi connectivity index (χ2v) is 11.4. The predicted molar refractivity (Wildman–Crippen MR) is 150 cm³/mol. The van der Waals surface area contributed by atoms with Crippen LogP contribution in [-0.2, 0) is 26.2 Å². The van der Waals surface area contributed by atoms with Gasteiger partial charge in [0.1, 0.15) is 17.5 Å². The third-order valence-electron chi connectivity index (χ3n) is 6.23. The SMILES string of the molecule is CC[C@@H](C)NC(=O)[C@H](C)N(Cc1cccc(OC)c1)C(=O)CCCN(c1ccc(OC)c(Cl)c1)S(C)(=O)=O. The fourth-order valence-corrected chi connectivity index (χ4v) is 5.04. The Balaban J connectivity index is 2.22. The highest BCUT2D eigenvalue weighted by Crippen LogP contribution is 2.30. The van der Waals surface area contributed by atoms with Crippen LogP contribution < -0.4 is 19.1 Å². The minimum Gasteiger partial charge on any atom is -0.497 e. The molecule has 0 heterocycles. The Morgan fingerprint density at radius 2 is 1.79 bits per heavy atom. The molecule has 0 saturated heterocycles. The number of nitrogens with one attached hydrogen (secondary N) is 1. The minimum absolute atomic E-state index is 0.0293. The van der Waals surface area contributed by atoms with Crippen molar-refractivity contribution in [2.45, 2.75) is 58.7 Å². The maximum Gasteiger partial charge on any atom is 0.242 e. The minimum atomic E-state index is -3.64. The summed E-state index contributed by atoms with van der Waals surface area (Å²) in [4.78, 5) is 27.8. The lowest BCUT2D eigenvalue weighted by molar-refractivity contribution is -0.140. The number of ether oxygens (including phenoxy) is 2. The molecule has 0 radical (unpaired) electrons. The fraction of sp³-hybridized carbons (Fsp3) is 0.481. The first kappa shape index (κ1) is 31.2. The summed E-state index contributed by atoms with van der Waals surface area (Å²) in [5.41, 5.74) is 1.19. The molecule has 0 aromatic heterocycles. The van der Waals surface area contributed by atoms with Crippen LogP contribution in [0.25, 0.3) is 0 Å². The Hall–Kier alpha value is -2.98. The van der Waals surface area contributed by atoms with Gasteiger partial charge in [-0.15, -0.1) is 0 Å². The quantitative estimate of drug-likeness (QED) is 0.366. The van der Waals surface area contributed by atoms with Crippen LogP contribution in [0.4, 0.5) is 5.69 Å². The number of anilines is 1. The molecule has 0 saturated carbocycles. The highest BCUT2D eigenvalue weighted by molar-refractivity contribution is 7.92. The molecule has 210 valence electrons. The lowest BCUT2D eigenvalue weighted by Gasteiger charge is -2.30. The van der Waals surface area contributed by atoms with Crippen LogP contribution in [0.3, 0.4) is 0 Å². The van der Waals surface area contributed by atoms with Gasteiger partial charge in [-0.2, -0.15) is 0 Å². The predicted octanol–water partition coefficient (Wildman–Crippen LogP) is 4.24. The van der Waals surface area contributed by atoms with Crippen molar-refractivity contribution in [1.29, 1.82) is 0 Å². The van der Waals surface area contributed by atoms with E-state index in [9.17, 15) is 18.0 Å². The number of rotatable bonds is 14. The average molecular weight is 568 g/mol. The van der Waals surface area contributed by atoms with Crippen molar-refractivity contribution < 1.29 is 27.5 Å². The van der Waals surface area contributed by atoms with E-state index in [1.807, 2.05) is 32.0 Å². The maximum atomic E-state index is 13.4. The molecule has 0 fully saturated rings. The molecule has 11 heteroatoms. The van der Waals surface area contributed by atoms with E-state index in [2.05, 4.69) is 5.32 Å². The van der Waals surface area contributed by atoms with Crippen LogP contribution >= 0.6 is 11.6 Å². The normalized spacial score (nSPS) is 12.8. The van der Waals surface area contributed by atoms with Gasteiger partial charge in [-0.1, -0.05) is 30.7 Å². The van der Waals surface area contributed by atoms with Crippen LogP contribution in [0.1, 0.15) is 45.6 Å². The number of carbonyl (C=O) groups excluding carboxylic acids is 2. The van der Waals surface area contributed by atoms with Crippen LogP contribution in [0.15, 0.2) is 42.5 Å². The van der Waals surface area contributed by atoms with Gasteiger partial charge in [-0.05, 0) is 62.6 Å². The van der Waals surface area contributed by atoms with Crippen molar-refractivity contribution in [3.05, 3.63) is 53.1 Å². The van der Waals surface area contributed by atoms with E-state index < -0.39 is 16.1 Å². The summed E-state index contributed by atoms with van der Waals surface area (Å²) in [6.07, 6.45) is 2.15. The van der Waals surface area contributed by atoms with Gasteiger partial charge in [0, 0.05) is 25.6 Å². The van der Waals surface area contributed by atoms with Gasteiger partial charge in [0.25, 0.3) is 0 Å². The van der Waals surface area contributed by atoms with Crippen molar-refractivity contribution in [3.63, 3.8) is 0 Å². The summed E-state index contributed by atoms with van der Waals surface area (Å²) in [5.74, 6) is 0.563. The van der Waals surface area contributed by atoms with Gasteiger partial charge in [-0.3, -0.25) is 13.9 Å². The number of halogens is 1. The first-order chi connectivity index (χ1) is 17.9. The van der Waals surface area contributed by atoms with Gasteiger partial charge >= 0.3 is 0 Å². The molecule has 2 aromatic carbocycles. The molecule has 0 unspecified atom stereocenters. The molecule has 1 N–H and O–H groups in total. The zero-order valence-corrected chi connectivity index (χ0v) is 24.4. The molecule has 38 heavy (non-hydrogen) atoms. The van der Waals surface area contributed by atoms with E-state index in [4.69, 9.17) is 21.1 Å². The van der Waals surface area contributed by atoms with E-state index in [0.29, 0.717) is 17.2 Å². The molecule has 2 amide bonds. The summed E-state index contributed by atoms with van der Waals surface area (Å²) in [7, 11) is -0.606. The van der Waals surface area contributed by atoms with Crippen molar-refractivity contribution >= 4 is 39.1 Å². The van der Waals surface area contributed by atoms with Gasteiger partial charge in [0.15, 0.2) is 0 Å². The maximum absolute atomic E-state index is 13.4. The lowest BCUT2D eigenvalue weighted by Crippen LogP contribution is -2.49. The molecule has 0 aliphatic heterocycles. The topological polar surface area (TPSA) is 105 Å². The number of hydrogen-bond acceptors (Lipinski definition) is 6. The number of carbonyl (C=O) groups is 2. The first-order valence-electron chi connectivity index (χ1n) is 12.4. The second kappa shape index (κ2) is 14.2. The highest BCUT2D eigenvalue weighted by Gasteiger charge is 2.27. The van der Waals surface area contributed by atoms with Crippen molar-refractivity contribution in [2.24, 2.45) is 0 Å². The van der Waals surface area contributed by atoms with Gasteiger partial charge in [-0.25, -0.2) is 8.42 Å². The molecule has 0 spiro atoms. The fourth-order valence-electron chi connectivity index (χ4n) is 3.83. The van der Waals surface area contributed by atoms with Crippen molar-refractivity contribution in [3.8, 4) is 11.5 Å². The third-order valence-corrected chi connectivity index (χ3v) is 7.72. The van der Waals surface area contributed by atoms with Gasteiger partial charge < -0.3 is 19.7 Å². The van der Waals surface area contributed by atoms with E-state index in [1.54, 1.807) is 32.2 Å². The van der Waals surface area contributed by atoms with E-state index >= 15 is 0 Å². The van der Waals surface area contributed by atoms with E-state index in [0.717, 1.165) is 18.2 Å². The van der Waals surface area contributed by atoms with Crippen molar-refractivity contribution in [1.82, 2.24) is 10.2 Å². The number of nitrogens with zero attached hydrogens (tertiary/aromatic N) is 2. The first-order valence-corrected chi connectivity index (χ1v) is 14.7. The molecular weight excluding hydrogens is 530 g/mol. The number of benzene rings is 2. The van der Waals surface area contributed by atoms with Crippen molar-refractivity contribution in [2.75, 3.05) is 31.3 Å². The molecule has 9 nitrogen and oxygen atoms in total. The smallest absolute Gasteiger partial charge is 0.242 e. The molecule has 2 aromatic rings. The molecule has 0 aliphatic carbocycles. The standard InChI is InChI=1S/C27H38ClN3O6S/c1-7-19(2)29-27(33)20(3)30(18-21-10-8-11-23(16-21)36-4)26(32)12-9-15-31(38(6,34)35)22-13-14-25(37-5)24(28)17-22/h8,10-11,13-14,16-17,19-20H,7,9,12,15,18H2,1-6H3,(H,29,33)/t19-,20+/m1/s1.